The van der Waals surface area contributed by atoms with Gasteiger partial charge < -0.3 is 19.7 Å². The van der Waals surface area contributed by atoms with Crippen LogP contribution in [-0.2, 0) is 20.9 Å². The fraction of sp³-hybridized carbons (Fsp3) is 0.500. The molecule has 0 heterocycles. The molecule has 2 atom stereocenters. The molecule has 19 heavy (non-hydrogen) atoms. The third-order valence-electron chi connectivity index (χ3n) is 2.60. The first-order valence-corrected chi connectivity index (χ1v) is 6.16. The summed E-state index contributed by atoms with van der Waals surface area (Å²) in [6.45, 7) is 0.526. The van der Waals surface area contributed by atoms with Gasteiger partial charge in [-0.15, -0.1) is 0 Å². The van der Waals surface area contributed by atoms with Gasteiger partial charge in [0.2, 0.25) is 0 Å². The number of benzene rings is 1. The third kappa shape index (κ3) is 6.91. The molecule has 1 rings (SSSR count). The zero-order valence-electron chi connectivity index (χ0n) is 11.0. The fourth-order valence-corrected chi connectivity index (χ4v) is 1.63. The Morgan fingerprint density at radius 3 is 2.53 bits per heavy atom. The van der Waals surface area contributed by atoms with Gasteiger partial charge in [-0.3, -0.25) is 4.79 Å². The SMILES string of the molecule is COC(=O)C[C@H](O)C[C@H](O)COCc1ccccc1. The molecule has 0 saturated carbocycles. The first-order valence-electron chi connectivity index (χ1n) is 6.16. The number of carbonyl (C=O) groups excluding carboxylic acids is 1. The molecule has 0 radical (unpaired) electrons. The second-order valence-electron chi connectivity index (χ2n) is 4.32. The average molecular weight is 268 g/mol. The van der Waals surface area contributed by atoms with Gasteiger partial charge in [0, 0.05) is 6.42 Å². The zero-order chi connectivity index (χ0) is 14.1. The van der Waals surface area contributed by atoms with E-state index in [0.717, 1.165) is 5.56 Å². The average Bonchev–Trinajstić information content (AvgIpc) is 2.39. The van der Waals surface area contributed by atoms with Crippen molar-refractivity contribution in [1.29, 1.82) is 0 Å². The normalized spacial score (nSPS) is 13.8. The lowest BCUT2D eigenvalue weighted by Gasteiger charge is -2.15. The molecule has 1 aromatic carbocycles. The molecule has 0 aliphatic carbocycles. The molecule has 5 heteroatoms. The minimum absolute atomic E-state index is 0.0872. The van der Waals surface area contributed by atoms with E-state index in [4.69, 9.17) is 4.74 Å². The molecule has 0 fully saturated rings. The van der Waals surface area contributed by atoms with Gasteiger partial charge in [0.05, 0.1) is 39.0 Å². The Hall–Kier alpha value is -1.43. The van der Waals surface area contributed by atoms with Crippen molar-refractivity contribution in [3.05, 3.63) is 35.9 Å². The standard InChI is InChI=1S/C14H20O5/c1-18-14(17)8-12(15)7-13(16)10-19-9-11-5-3-2-4-6-11/h2-6,12-13,15-16H,7-10H2,1H3/t12-,13+/m1/s1. The van der Waals surface area contributed by atoms with E-state index in [1.807, 2.05) is 30.3 Å². The maximum absolute atomic E-state index is 10.9. The summed E-state index contributed by atoms with van der Waals surface area (Å²) in [5, 5.41) is 19.2. The van der Waals surface area contributed by atoms with Crippen molar-refractivity contribution in [2.75, 3.05) is 13.7 Å². The molecule has 0 amide bonds. The summed E-state index contributed by atoms with van der Waals surface area (Å²) < 4.78 is 9.77. The van der Waals surface area contributed by atoms with E-state index in [1.54, 1.807) is 0 Å². The molecule has 0 aliphatic rings. The number of ether oxygens (including phenoxy) is 2. The number of aliphatic hydroxyl groups excluding tert-OH is 2. The van der Waals surface area contributed by atoms with Crippen LogP contribution in [0.2, 0.25) is 0 Å². The summed E-state index contributed by atoms with van der Waals surface area (Å²) in [6.07, 6.45) is -1.75. The Labute approximate surface area is 112 Å². The van der Waals surface area contributed by atoms with Crippen molar-refractivity contribution < 1.29 is 24.5 Å². The Kier molecular flexibility index (Phi) is 7.10. The van der Waals surface area contributed by atoms with E-state index in [0.29, 0.717) is 6.61 Å². The van der Waals surface area contributed by atoms with Crippen LogP contribution >= 0.6 is 0 Å². The Bertz CT molecular complexity index is 365. The maximum atomic E-state index is 10.9. The van der Waals surface area contributed by atoms with Gasteiger partial charge in [-0.2, -0.15) is 0 Å². The highest BCUT2D eigenvalue weighted by atomic mass is 16.5. The predicted molar refractivity (Wildman–Crippen MR) is 69.4 cm³/mol. The fourth-order valence-electron chi connectivity index (χ4n) is 1.63. The van der Waals surface area contributed by atoms with E-state index in [-0.39, 0.29) is 19.4 Å². The maximum Gasteiger partial charge on any atom is 0.308 e. The molecule has 0 saturated heterocycles. The number of hydrogen-bond donors (Lipinski definition) is 2. The molecule has 1 aromatic rings. The van der Waals surface area contributed by atoms with Gasteiger partial charge in [0.15, 0.2) is 0 Å². The van der Waals surface area contributed by atoms with Gasteiger partial charge in [0.1, 0.15) is 0 Å². The highest BCUT2D eigenvalue weighted by Gasteiger charge is 2.16. The number of carbonyl (C=O) groups is 1. The van der Waals surface area contributed by atoms with Crippen LogP contribution in [0.3, 0.4) is 0 Å². The summed E-state index contributed by atoms with van der Waals surface area (Å²) in [6, 6.07) is 9.60. The smallest absolute Gasteiger partial charge is 0.308 e. The van der Waals surface area contributed by atoms with E-state index in [1.165, 1.54) is 7.11 Å². The predicted octanol–water partition coefficient (Wildman–Crippen LogP) is 0.878. The van der Waals surface area contributed by atoms with Gasteiger partial charge in [0.25, 0.3) is 0 Å². The first kappa shape index (κ1) is 15.6. The lowest BCUT2D eigenvalue weighted by molar-refractivity contribution is -0.143. The van der Waals surface area contributed by atoms with E-state index in [9.17, 15) is 15.0 Å². The number of hydrogen-bond acceptors (Lipinski definition) is 5. The highest BCUT2D eigenvalue weighted by Crippen LogP contribution is 2.06. The van der Waals surface area contributed by atoms with Gasteiger partial charge in [-0.05, 0) is 5.56 Å². The van der Waals surface area contributed by atoms with E-state index < -0.39 is 18.2 Å². The van der Waals surface area contributed by atoms with Gasteiger partial charge >= 0.3 is 5.97 Å². The van der Waals surface area contributed by atoms with E-state index >= 15 is 0 Å². The van der Waals surface area contributed by atoms with Crippen LogP contribution < -0.4 is 0 Å². The lowest BCUT2D eigenvalue weighted by atomic mass is 10.1. The Morgan fingerprint density at radius 2 is 1.89 bits per heavy atom. The van der Waals surface area contributed by atoms with Crippen LogP contribution in [0.4, 0.5) is 0 Å². The molecule has 0 aromatic heterocycles. The van der Waals surface area contributed by atoms with Gasteiger partial charge in [-0.25, -0.2) is 0 Å². The number of esters is 1. The van der Waals surface area contributed by atoms with Crippen LogP contribution in [0.5, 0.6) is 0 Å². The molecule has 0 unspecified atom stereocenters. The molecule has 0 bridgehead atoms. The second-order valence-corrected chi connectivity index (χ2v) is 4.32. The molecule has 106 valence electrons. The topological polar surface area (TPSA) is 76.0 Å². The summed E-state index contributed by atoms with van der Waals surface area (Å²) in [5.41, 5.74) is 1.02. The third-order valence-corrected chi connectivity index (χ3v) is 2.60. The monoisotopic (exact) mass is 268 g/mol. The summed E-state index contributed by atoms with van der Waals surface area (Å²) in [4.78, 5) is 10.9. The highest BCUT2D eigenvalue weighted by molar-refractivity contribution is 5.69. The Morgan fingerprint density at radius 1 is 1.21 bits per heavy atom. The van der Waals surface area contributed by atoms with Crippen LogP contribution in [0, 0.1) is 0 Å². The van der Waals surface area contributed by atoms with Crippen molar-refractivity contribution in [3.8, 4) is 0 Å². The molecular weight excluding hydrogens is 248 g/mol. The minimum Gasteiger partial charge on any atom is -0.469 e. The molecule has 0 spiro atoms. The number of rotatable bonds is 8. The lowest BCUT2D eigenvalue weighted by Crippen LogP contribution is -2.24. The molecule has 0 aliphatic heterocycles. The van der Waals surface area contributed by atoms with Crippen molar-refractivity contribution in [2.45, 2.75) is 31.7 Å². The molecule has 2 N–H and O–H groups in total. The van der Waals surface area contributed by atoms with Crippen LogP contribution in [0.1, 0.15) is 18.4 Å². The Balaban J connectivity index is 2.17. The van der Waals surface area contributed by atoms with Crippen LogP contribution in [0.25, 0.3) is 0 Å². The van der Waals surface area contributed by atoms with Gasteiger partial charge in [-0.1, -0.05) is 30.3 Å². The summed E-state index contributed by atoms with van der Waals surface area (Å²) >= 11 is 0. The van der Waals surface area contributed by atoms with Crippen LogP contribution in [-0.4, -0.2) is 42.1 Å². The largest absolute Gasteiger partial charge is 0.469 e. The van der Waals surface area contributed by atoms with Crippen molar-refractivity contribution >= 4 is 5.97 Å². The zero-order valence-corrected chi connectivity index (χ0v) is 11.0. The first-order chi connectivity index (χ1) is 9.11. The quantitative estimate of drug-likeness (QED) is 0.684. The van der Waals surface area contributed by atoms with Crippen molar-refractivity contribution in [2.24, 2.45) is 0 Å². The van der Waals surface area contributed by atoms with E-state index in [2.05, 4.69) is 4.74 Å². The number of methoxy groups -OCH3 is 1. The van der Waals surface area contributed by atoms with Crippen molar-refractivity contribution in [3.63, 3.8) is 0 Å². The van der Waals surface area contributed by atoms with Crippen LogP contribution in [0.15, 0.2) is 30.3 Å². The minimum atomic E-state index is -0.914. The molecule has 5 nitrogen and oxygen atoms in total. The number of aliphatic hydroxyl groups is 2. The summed E-state index contributed by atoms with van der Waals surface area (Å²) in [5.74, 6) is -0.495. The van der Waals surface area contributed by atoms with Crippen molar-refractivity contribution in [1.82, 2.24) is 0 Å². The summed E-state index contributed by atoms with van der Waals surface area (Å²) in [7, 11) is 1.26. The molecular formula is C14H20O5. The second kappa shape index (κ2) is 8.63.